The number of halogens is 3. The van der Waals surface area contributed by atoms with Gasteiger partial charge < -0.3 is 4.57 Å². The van der Waals surface area contributed by atoms with Crippen LogP contribution >= 0.6 is 23.8 Å². The van der Waals surface area contributed by atoms with Gasteiger partial charge in [0.05, 0.1) is 16.4 Å². The highest BCUT2D eigenvalue weighted by molar-refractivity contribution is 7.71. The second kappa shape index (κ2) is 5.55. The summed E-state index contributed by atoms with van der Waals surface area (Å²) in [6.07, 6.45) is 0. The SMILES string of the molecule is Cc1cc(Cl)c(C)nc1-n1c(=O)cc(C(C)(F)F)n(C)c1=S. The van der Waals surface area contributed by atoms with Gasteiger partial charge >= 0.3 is 0 Å². The summed E-state index contributed by atoms with van der Waals surface area (Å²) in [5.41, 5.74) is 0.0509. The van der Waals surface area contributed by atoms with E-state index in [4.69, 9.17) is 23.8 Å². The van der Waals surface area contributed by atoms with Crippen LogP contribution in [0.5, 0.6) is 0 Å². The average Bonchev–Trinajstić information content (AvgIpc) is 2.38. The molecule has 0 saturated carbocycles. The first-order valence-corrected chi connectivity index (χ1v) is 7.18. The van der Waals surface area contributed by atoms with Crippen molar-refractivity contribution in [3.05, 3.63) is 49.2 Å². The molecule has 0 spiro atoms. The third-order valence-electron chi connectivity index (χ3n) is 3.30. The highest BCUT2D eigenvalue weighted by atomic mass is 35.5. The van der Waals surface area contributed by atoms with E-state index in [-0.39, 0.29) is 4.77 Å². The molecule has 2 aromatic rings. The van der Waals surface area contributed by atoms with Crippen molar-refractivity contribution in [2.75, 3.05) is 0 Å². The number of aryl methyl sites for hydroxylation is 2. The monoisotopic (exact) mass is 345 g/mol. The standard InChI is InChI=1S/C14H14ClF2N3OS/c1-7-5-9(15)8(2)18-12(7)20-11(21)6-10(14(3,16)17)19(4)13(20)22/h5-6H,1-4H3. The Bertz CT molecular complexity index is 868. The molecule has 4 nitrogen and oxygen atoms in total. The molecule has 0 amide bonds. The first kappa shape index (κ1) is 16.8. The number of hydrogen-bond donors (Lipinski definition) is 0. The minimum atomic E-state index is -3.17. The Labute approximate surface area is 136 Å². The fraction of sp³-hybridized carbons (Fsp3) is 0.357. The van der Waals surface area contributed by atoms with Crippen LogP contribution in [0, 0.1) is 18.6 Å². The summed E-state index contributed by atoms with van der Waals surface area (Å²) in [7, 11) is 1.39. The molecule has 2 aromatic heterocycles. The van der Waals surface area contributed by atoms with Crippen LogP contribution in [0.4, 0.5) is 8.78 Å². The molecule has 0 unspecified atom stereocenters. The van der Waals surface area contributed by atoms with Crippen LogP contribution in [0.1, 0.15) is 23.9 Å². The number of rotatable bonds is 2. The smallest absolute Gasteiger partial charge is 0.285 e. The highest BCUT2D eigenvalue weighted by Crippen LogP contribution is 2.26. The van der Waals surface area contributed by atoms with Gasteiger partial charge in [0.2, 0.25) is 0 Å². The Morgan fingerprint density at radius 2 is 1.91 bits per heavy atom. The lowest BCUT2D eigenvalue weighted by atomic mass is 10.2. The van der Waals surface area contributed by atoms with Crippen molar-refractivity contribution in [3.63, 3.8) is 0 Å². The number of hydrogen-bond acceptors (Lipinski definition) is 3. The zero-order valence-corrected chi connectivity index (χ0v) is 14.0. The maximum absolute atomic E-state index is 13.6. The molecule has 0 radical (unpaired) electrons. The van der Waals surface area contributed by atoms with Crippen molar-refractivity contribution < 1.29 is 8.78 Å². The van der Waals surface area contributed by atoms with Gasteiger partial charge in [-0.15, -0.1) is 0 Å². The maximum Gasteiger partial charge on any atom is 0.285 e. The molecule has 0 atom stereocenters. The van der Waals surface area contributed by atoms with Gasteiger partial charge in [-0.1, -0.05) is 11.6 Å². The molecule has 0 fully saturated rings. The van der Waals surface area contributed by atoms with Crippen LogP contribution in [-0.4, -0.2) is 14.1 Å². The maximum atomic E-state index is 13.6. The van der Waals surface area contributed by atoms with Crippen LogP contribution in [0.15, 0.2) is 16.9 Å². The Balaban J connectivity index is 2.85. The van der Waals surface area contributed by atoms with Crippen molar-refractivity contribution in [1.29, 1.82) is 0 Å². The predicted molar refractivity (Wildman–Crippen MR) is 83.7 cm³/mol. The minimum Gasteiger partial charge on any atom is -0.319 e. The van der Waals surface area contributed by atoms with E-state index in [1.807, 2.05) is 0 Å². The number of aromatic nitrogens is 3. The zero-order valence-electron chi connectivity index (χ0n) is 12.4. The van der Waals surface area contributed by atoms with Gasteiger partial charge in [0.25, 0.3) is 11.5 Å². The molecule has 2 heterocycles. The van der Waals surface area contributed by atoms with Gasteiger partial charge in [-0.25, -0.2) is 18.3 Å². The van der Waals surface area contributed by atoms with Gasteiger partial charge in [-0.05, 0) is 37.7 Å². The summed E-state index contributed by atoms with van der Waals surface area (Å²) in [6, 6.07) is 2.53. The van der Waals surface area contributed by atoms with Crippen molar-refractivity contribution in [2.24, 2.45) is 7.05 Å². The minimum absolute atomic E-state index is 0.0543. The topological polar surface area (TPSA) is 39.8 Å². The fourth-order valence-corrected chi connectivity index (χ4v) is 2.61. The Hall–Kier alpha value is -1.60. The van der Waals surface area contributed by atoms with Gasteiger partial charge in [0.1, 0.15) is 5.82 Å². The van der Waals surface area contributed by atoms with Crippen molar-refractivity contribution >= 4 is 23.8 Å². The van der Waals surface area contributed by atoms with Crippen LogP contribution in [0.2, 0.25) is 5.02 Å². The van der Waals surface area contributed by atoms with Crippen LogP contribution in [-0.2, 0) is 13.0 Å². The van der Waals surface area contributed by atoms with Gasteiger partial charge in [0.15, 0.2) is 4.77 Å². The lowest BCUT2D eigenvalue weighted by Gasteiger charge is -2.18. The molecule has 0 saturated heterocycles. The fourth-order valence-electron chi connectivity index (χ4n) is 2.13. The molecule has 0 bridgehead atoms. The first-order valence-electron chi connectivity index (χ1n) is 6.39. The van der Waals surface area contributed by atoms with E-state index in [9.17, 15) is 13.6 Å². The van der Waals surface area contributed by atoms with E-state index < -0.39 is 17.2 Å². The number of nitrogens with zero attached hydrogens (tertiary/aromatic N) is 3. The van der Waals surface area contributed by atoms with Crippen LogP contribution < -0.4 is 5.56 Å². The molecule has 2 rings (SSSR count). The highest BCUT2D eigenvalue weighted by Gasteiger charge is 2.29. The Morgan fingerprint density at radius 1 is 1.32 bits per heavy atom. The molecule has 8 heteroatoms. The normalized spacial score (nSPS) is 11.8. The van der Waals surface area contributed by atoms with E-state index >= 15 is 0 Å². The van der Waals surface area contributed by atoms with Gasteiger partial charge in [-0.3, -0.25) is 4.79 Å². The van der Waals surface area contributed by atoms with Crippen molar-refractivity contribution in [2.45, 2.75) is 26.7 Å². The molecule has 0 aliphatic heterocycles. The van der Waals surface area contributed by atoms with E-state index in [0.29, 0.717) is 22.1 Å². The van der Waals surface area contributed by atoms with Crippen LogP contribution in [0.25, 0.3) is 5.82 Å². The Morgan fingerprint density at radius 3 is 2.45 bits per heavy atom. The largest absolute Gasteiger partial charge is 0.319 e. The third-order valence-corrected chi connectivity index (χ3v) is 4.14. The second-order valence-electron chi connectivity index (χ2n) is 5.13. The molecule has 0 aromatic carbocycles. The molecule has 0 aliphatic carbocycles. The quantitative estimate of drug-likeness (QED) is 0.779. The molecule has 22 heavy (non-hydrogen) atoms. The van der Waals surface area contributed by atoms with E-state index in [1.165, 1.54) is 7.05 Å². The molecule has 118 valence electrons. The predicted octanol–water partition coefficient (Wildman–Crippen LogP) is 3.68. The number of pyridine rings is 1. The summed E-state index contributed by atoms with van der Waals surface area (Å²) in [5.74, 6) is -2.88. The average molecular weight is 346 g/mol. The summed E-state index contributed by atoms with van der Waals surface area (Å²) < 4.78 is 29.3. The van der Waals surface area contributed by atoms with Gasteiger partial charge in [0, 0.05) is 20.0 Å². The summed E-state index contributed by atoms with van der Waals surface area (Å²) >= 11 is 11.2. The third kappa shape index (κ3) is 2.83. The first-order chi connectivity index (χ1) is 10.0. The van der Waals surface area contributed by atoms with Crippen molar-refractivity contribution in [3.8, 4) is 5.82 Å². The van der Waals surface area contributed by atoms with E-state index in [0.717, 1.165) is 22.1 Å². The number of alkyl halides is 2. The lowest BCUT2D eigenvalue weighted by Crippen LogP contribution is -2.29. The Kier molecular flexibility index (Phi) is 4.23. The zero-order chi connectivity index (χ0) is 16.8. The lowest BCUT2D eigenvalue weighted by molar-refractivity contribution is 0.00851. The second-order valence-corrected chi connectivity index (χ2v) is 5.90. The van der Waals surface area contributed by atoms with Crippen LogP contribution in [0.3, 0.4) is 0 Å². The molecule has 0 N–H and O–H groups in total. The molecular formula is C14H14ClF2N3OS. The molecular weight excluding hydrogens is 332 g/mol. The van der Waals surface area contributed by atoms with E-state index in [2.05, 4.69) is 4.98 Å². The summed E-state index contributed by atoms with van der Waals surface area (Å²) in [5, 5.41) is 0.460. The molecule has 0 aliphatic rings. The van der Waals surface area contributed by atoms with Gasteiger partial charge in [-0.2, -0.15) is 0 Å². The van der Waals surface area contributed by atoms with E-state index in [1.54, 1.807) is 19.9 Å². The summed E-state index contributed by atoms with van der Waals surface area (Å²) in [6.45, 7) is 4.13. The van der Waals surface area contributed by atoms with Crippen molar-refractivity contribution in [1.82, 2.24) is 14.1 Å². The summed E-state index contributed by atoms with van der Waals surface area (Å²) in [4.78, 5) is 16.5.